The molecule has 0 heterocycles. The first-order valence-electron chi connectivity index (χ1n) is 3.70. The average Bonchev–Trinajstić information content (AvgIpc) is 1.81. The van der Waals surface area contributed by atoms with Crippen molar-refractivity contribution in [3.63, 3.8) is 0 Å². The van der Waals surface area contributed by atoms with E-state index >= 15 is 0 Å². The summed E-state index contributed by atoms with van der Waals surface area (Å²) >= 11 is 0. The first-order valence-corrected chi connectivity index (χ1v) is 5.46. The van der Waals surface area contributed by atoms with Gasteiger partial charge in [0.1, 0.15) is 0 Å². The fourth-order valence-corrected chi connectivity index (χ4v) is 1.67. The lowest BCUT2D eigenvalue weighted by atomic mass is 10.4. The lowest BCUT2D eigenvalue weighted by Crippen LogP contribution is -2.07. The van der Waals surface area contributed by atoms with Crippen molar-refractivity contribution in [2.75, 3.05) is 12.8 Å². The topological polar surface area (TPSA) is 72.8 Å². The Morgan fingerprint density at radius 2 is 2.15 bits per heavy atom. The highest BCUT2D eigenvalue weighted by molar-refractivity contribution is 7.53. The van der Waals surface area contributed by atoms with Crippen molar-refractivity contribution in [2.24, 2.45) is 0 Å². The maximum absolute atomic E-state index is 11.1. The molecule has 0 aromatic heterocycles. The van der Waals surface area contributed by atoms with Gasteiger partial charge >= 0.3 is 13.8 Å². The van der Waals surface area contributed by atoms with Gasteiger partial charge in [-0.05, 0) is 13.8 Å². The molecule has 1 unspecified atom stereocenters. The van der Waals surface area contributed by atoms with E-state index in [2.05, 4.69) is 15.8 Å². The van der Waals surface area contributed by atoms with Gasteiger partial charge in [0.15, 0.2) is 0 Å². The quantitative estimate of drug-likeness (QED) is 0.434. The fraction of sp³-hybridized carbons (Fsp3) is 0.571. The zero-order chi connectivity index (χ0) is 10.5. The zero-order valence-electron chi connectivity index (χ0n) is 7.65. The molecule has 5 nitrogen and oxygen atoms in total. The Morgan fingerprint density at radius 3 is 2.54 bits per heavy atom. The maximum atomic E-state index is 11.1. The summed E-state index contributed by atoms with van der Waals surface area (Å²) in [5, 5.41) is 0. The van der Waals surface area contributed by atoms with Crippen molar-refractivity contribution < 1.29 is 23.5 Å². The summed E-state index contributed by atoms with van der Waals surface area (Å²) in [7, 11) is -3.91. The Balaban J connectivity index is 4.09. The molecule has 0 spiro atoms. The van der Waals surface area contributed by atoms with Crippen LogP contribution in [-0.2, 0) is 13.8 Å². The number of hydrogen-bond donors (Lipinski definition) is 1. The molecule has 0 saturated heterocycles. The third-order valence-corrected chi connectivity index (χ3v) is 2.32. The van der Waals surface area contributed by atoms with Crippen molar-refractivity contribution in [1.29, 1.82) is 0 Å². The number of hydrogen-bond acceptors (Lipinski definition) is 4. The largest absolute Gasteiger partial charge is 0.514 e. The maximum Gasteiger partial charge on any atom is 0.514 e. The Bertz CT molecular complexity index is 247. The molecule has 0 aliphatic rings. The molecule has 0 rings (SSSR count). The summed E-state index contributed by atoms with van der Waals surface area (Å²) < 4.78 is 19.6. The second-order valence-electron chi connectivity index (χ2n) is 2.53. The van der Waals surface area contributed by atoms with Crippen molar-refractivity contribution >= 4 is 13.8 Å². The Kier molecular flexibility index (Phi) is 4.73. The normalized spacial score (nSPS) is 14.4. The van der Waals surface area contributed by atoms with E-state index in [1.807, 2.05) is 0 Å². The molecule has 0 aromatic carbocycles. The standard InChI is InChI=1S/C7H13O5P/c1-4-11-7(8)12-13(9,10)5-6(2)3/h2,4-5H2,1,3H3,(H,9,10). The first-order chi connectivity index (χ1) is 5.87. The second kappa shape index (κ2) is 5.04. The minimum atomic E-state index is -3.91. The zero-order valence-corrected chi connectivity index (χ0v) is 8.54. The summed E-state index contributed by atoms with van der Waals surface area (Å²) in [5.74, 6) is 0. The SMILES string of the molecule is C=C(C)CP(=O)(O)OC(=O)OCC. The van der Waals surface area contributed by atoms with Crippen LogP contribution in [0.3, 0.4) is 0 Å². The van der Waals surface area contributed by atoms with E-state index in [1.54, 1.807) is 13.8 Å². The highest BCUT2D eigenvalue weighted by atomic mass is 31.2. The molecule has 1 N–H and O–H groups in total. The second-order valence-corrected chi connectivity index (χ2v) is 4.30. The summed E-state index contributed by atoms with van der Waals surface area (Å²) in [6.45, 7) is 6.67. The van der Waals surface area contributed by atoms with E-state index in [-0.39, 0.29) is 12.8 Å². The van der Waals surface area contributed by atoms with Crippen LogP contribution in [0.5, 0.6) is 0 Å². The highest BCUT2D eigenvalue weighted by Crippen LogP contribution is 2.43. The predicted octanol–water partition coefficient (Wildman–Crippen LogP) is 1.92. The Hall–Kier alpha value is -0.800. The van der Waals surface area contributed by atoms with E-state index in [1.165, 1.54) is 0 Å². The van der Waals surface area contributed by atoms with Crippen LogP contribution in [0.4, 0.5) is 4.79 Å². The summed E-state index contributed by atoms with van der Waals surface area (Å²) in [5.41, 5.74) is 0.468. The van der Waals surface area contributed by atoms with Crippen molar-refractivity contribution in [3.8, 4) is 0 Å². The molecule has 0 aliphatic heterocycles. The Labute approximate surface area is 76.9 Å². The molecule has 0 amide bonds. The molecular weight excluding hydrogens is 195 g/mol. The van der Waals surface area contributed by atoms with Gasteiger partial charge in [0.2, 0.25) is 0 Å². The van der Waals surface area contributed by atoms with E-state index in [9.17, 15) is 9.36 Å². The molecular formula is C7H13O5P. The minimum absolute atomic E-state index is 0.103. The van der Waals surface area contributed by atoms with E-state index in [0.717, 1.165) is 0 Å². The molecule has 0 saturated carbocycles. The van der Waals surface area contributed by atoms with Crippen molar-refractivity contribution in [3.05, 3.63) is 12.2 Å². The molecule has 0 bridgehead atoms. The number of rotatable bonds is 4. The van der Waals surface area contributed by atoms with Crippen molar-refractivity contribution in [1.82, 2.24) is 0 Å². The van der Waals surface area contributed by atoms with E-state index in [4.69, 9.17) is 4.89 Å². The van der Waals surface area contributed by atoms with Crippen LogP contribution in [0.15, 0.2) is 12.2 Å². The van der Waals surface area contributed by atoms with Gasteiger partial charge in [-0.15, -0.1) is 0 Å². The lowest BCUT2D eigenvalue weighted by Gasteiger charge is -2.10. The predicted molar refractivity (Wildman–Crippen MR) is 47.6 cm³/mol. The van der Waals surface area contributed by atoms with Gasteiger partial charge in [-0.25, -0.2) is 9.36 Å². The highest BCUT2D eigenvalue weighted by Gasteiger charge is 2.24. The van der Waals surface area contributed by atoms with Crippen LogP contribution in [0, 0.1) is 0 Å². The van der Waals surface area contributed by atoms with Crippen LogP contribution in [0.2, 0.25) is 0 Å². The van der Waals surface area contributed by atoms with Crippen LogP contribution in [0.1, 0.15) is 13.8 Å². The number of carbonyl (C=O) groups excluding carboxylic acids is 1. The number of ether oxygens (including phenoxy) is 1. The van der Waals surface area contributed by atoms with Crippen LogP contribution < -0.4 is 0 Å². The molecule has 0 fully saturated rings. The fourth-order valence-electron chi connectivity index (χ4n) is 0.634. The molecule has 0 radical (unpaired) electrons. The summed E-state index contributed by atoms with van der Waals surface area (Å²) in [4.78, 5) is 19.7. The van der Waals surface area contributed by atoms with E-state index < -0.39 is 13.8 Å². The molecule has 1 atom stereocenters. The van der Waals surface area contributed by atoms with Crippen LogP contribution >= 0.6 is 7.60 Å². The molecule has 6 heteroatoms. The molecule has 13 heavy (non-hydrogen) atoms. The van der Waals surface area contributed by atoms with Gasteiger partial charge in [0.25, 0.3) is 0 Å². The van der Waals surface area contributed by atoms with Crippen molar-refractivity contribution in [2.45, 2.75) is 13.8 Å². The van der Waals surface area contributed by atoms with E-state index in [0.29, 0.717) is 5.57 Å². The minimum Gasteiger partial charge on any atom is -0.434 e. The van der Waals surface area contributed by atoms with Gasteiger partial charge in [0.05, 0.1) is 12.8 Å². The summed E-state index contributed by atoms with van der Waals surface area (Å²) in [6, 6.07) is 0. The number of carbonyl (C=O) groups is 1. The van der Waals surface area contributed by atoms with Gasteiger partial charge < -0.3 is 14.2 Å². The molecule has 0 aliphatic carbocycles. The monoisotopic (exact) mass is 208 g/mol. The van der Waals surface area contributed by atoms with Crippen LogP contribution in [-0.4, -0.2) is 23.8 Å². The van der Waals surface area contributed by atoms with Gasteiger partial charge in [-0.1, -0.05) is 12.2 Å². The van der Waals surface area contributed by atoms with Gasteiger partial charge in [-0.2, -0.15) is 0 Å². The van der Waals surface area contributed by atoms with Gasteiger partial charge in [0, 0.05) is 0 Å². The van der Waals surface area contributed by atoms with Gasteiger partial charge in [-0.3, -0.25) is 0 Å². The smallest absolute Gasteiger partial charge is 0.434 e. The first kappa shape index (κ1) is 12.2. The number of allylic oxidation sites excluding steroid dienone is 1. The molecule has 76 valence electrons. The lowest BCUT2D eigenvalue weighted by molar-refractivity contribution is 0.1000. The average molecular weight is 208 g/mol. The molecule has 0 aromatic rings. The third-order valence-electron chi connectivity index (χ3n) is 0.949. The summed E-state index contributed by atoms with van der Waals surface area (Å²) in [6.07, 6.45) is -1.37. The van der Waals surface area contributed by atoms with Crippen LogP contribution in [0.25, 0.3) is 0 Å². The third kappa shape index (κ3) is 6.37. The Morgan fingerprint density at radius 1 is 1.62 bits per heavy atom.